The van der Waals surface area contributed by atoms with Gasteiger partial charge in [0.25, 0.3) is 0 Å². The van der Waals surface area contributed by atoms with Gasteiger partial charge < -0.3 is 5.32 Å². The van der Waals surface area contributed by atoms with Crippen molar-refractivity contribution in [2.24, 2.45) is 0 Å². The molecule has 0 aliphatic rings. The number of hydrogen-bond acceptors (Lipinski definition) is 2. The summed E-state index contributed by atoms with van der Waals surface area (Å²) in [6.07, 6.45) is 0. The van der Waals surface area contributed by atoms with Crippen LogP contribution in [0.1, 0.15) is 16.7 Å². The second-order valence-corrected chi connectivity index (χ2v) is 2.78. The summed E-state index contributed by atoms with van der Waals surface area (Å²) < 4.78 is 0. The zero-order valence-corrected chi connectivity index (χ0v) is 7.39. The summed E-state index contributed by atoms with van der Waals surface area (Å²) in [5.74, 6) is 0. The molecule has 2 heteroatoms. The first-order chi connectivity index (χ1) is 5.77. The van der Waals surface area contributed by atoms with Crippen molar-refractivity contribution in [3.8, 4) is 6.07 Å². The van der Waals surface area contributed by atoms with Gasteiger partial charge in [0.2, 0.25) is 0 Å². The quantitative estimate of drug-likeness (QED) is 0.713. The van der Waals surface area contributed by atoms with E-state index in [0.29, 0.717) is 0 Å². The maximum absolute atomic E-state index is 8.65. The fraction of sp³-hybridized carbons (Fsp3) is 0.300. The Morgan fingerprint density at radius 3 is 2.83 bits per heavy atom. The molecule has 0 atom stereocenters. The van der Waals surface area contributed by atoms with E-state index >= 15 is 0 Å². The fourth-order valence-corrected chi connectivity index (χ4v) is 1.12. The van der Waals surface area contributed by atoms with E-state index in [1.54, 1.807) is 0 Å². The van der Waals surface area contributed by atoms with Crippen LogP contribution in [0, 0.1) is 18.3 Å². The second-order valence-electron chi connectivity index (χ2n) is 2.78. The molecule has 0 amide bonds. The molecule has 0 heterocycles. The van der Waals surface area contributed by atoms with Gasteiger partial charge in [-0.1, -0.05) is 6.07 Å². The van der Waals surface area contributed by atoms with Gasteiger partial charge in [-0.2, -0.15) is 5.26 Å². The molecule has 0 radical (unpaired) electrons. The van der Waals surface area contributed by atoms with Crippen LogP contribution in [0.5, 0.6) is 0 Å². The van der Waals surface area contributed by atoms with Crippen LogP contribution >= 0.6 is 0 Å². The van der Waals surface area contributed by atoms with Gasteiger partial charge in [0.15, 0.2) is 0 Å². The lowest BCUT2D eigenvalue weighted by molar-refractivity contribution is 0.812. The second kappa shape index (κ2) is 3.89. The Kier molecular flexibility index (Phi) is 2.84. The lowest BCUT2D eigenvalue weighted by atomic mass is 10.1. The Labute approximate surface area is 72.8 Å². The first-order valence-corrected chi connectivity index (χ1v) is 3.92. The van der Waals surface area contributed by atoms with Crippen LogP contribution in [0.25, 0.3) is 0 Å². The maximum Gasteiger partial charge on any atom is 0.0991 e. The van der Waals surface area contributed by atoms with E-state index < -0.39 is 0 Å². The van der Waals surface area contributed by atoms with Crippen LogP contribution in [0.3, 0.4) is 0 Å². The molecule has 0 aliphatic carbocycles. The van der Waals surface area contributed by atoms with Gasteiger partial charge in [-0.3, -0.25) is 0 Å². The van der Waals surface area contributed by atoms with Crippen molar-refractivity contribution in [3.63, 3.8) is 0 Å². The third kappa shape index (κ3) is 1.84. The third-order valence-corrected chi connectivity index (χ3v) is 1.85. The lowest BCUT2D eigenvalue weighted by Gasteiger charge is -2.04. The van der Waals surface area contributed by atoms with Crippen molar-refractivity contribution >= 4 is 0 Å². The van der Waals surface area contributed by atoms with Gasteiger partial charge in [0.05, 0.1) is 11.6 Å². The molecule has 0 aromatic heterocycles. The van der Waals surface area contributed by atoms with E-state index in [1.165, 1.54) is 11.1 Å². The molecule has 1 rings (SSSR count). The highest BCUT2D eigenvalue weighted by Gasteiger charge is 1.97. The lowest BCUT2D eigenvalue weighted by Crippen LogP contribution is -2.06. The highest BCUT2D eigenvalue weighted by molar-refractivity contribution is 5.37. The smallest absolute Gasteiger partial charge is 0.0991 e. The largest absolute Gasteiger partial charge is 0.316 e. The van der Waals surface area contributed by atoms with Gasteiger partial charge in [0.1, 0.15) is 0 Å². The summed E-state index contributed by atoms with van der Waals surface area (Å²) in [6, 6.07) is 7.87. The average Bonchev–Trinajstić information content (AvgIpc) is 2.09. The van der Waals surface area contributed by atoms with Crippen LogP contribution in [0.2, 0.25) is 0 Å². The van der Waals surface area contributed by atoms with Crippen molar-refractivity contribution in [1.82, 2.24) is 5.32 Å². The first kappa shape index (κ1) is 8.76. The molecule has 1 aromatic rings. The molecule has 0 saturated carbocycles. The maximum atomic E-state index is 8.65. The summed E-state index contributed by atoms with van der Waals surface area (Å²) in [5.41, 5.74) is 3.14. The number of nitrogens with zero attached hydrogens (tertiary/aromatic N) is 1. The predicted molar refractivity (Wildman–Crippen MR) is 48.7 cm³/mol. The minimum absolute atomic E-state index is 0.728. The molecular weight excluding hydrogens is 148 g/mol. The summed E-state index contributed by atoms with van der Waals surface area (Å²) in [4.78, 5) is 0. The minimum Gasteiger partial charge on any atom is -0.316 e. The van der Waals surface area contributed by atoms with E-state index in [2.05, 4.69) is 11.4 Å². The Balaban J connectivity index is 3.01. The van der Waals surface area contributed by atoms with Gasteiger partial charge >= 0.3 is 0 Å². The Morgan fingerprint density at radius 2 is 2.25 bits per heavy atom. The molecule has 2 nitrogen and oxygen atoms in total. The number of nitrogens with one attached hydrogen (secondary N) is 1. The van der Waals surface area contributed by atoms with E-state index in [-0.39, 0.29) is 0 Å². The van der Waals surface area contributed by atoms with Crippen molar-refractivity contribution in [3.05, 3.63) is 34.9 Å². The average molecular weight is 160 g/mol. The van der Waals surface area contributed by atoms with Gasteiger partial charge in [-0.15, -0.1) is 0 Å². The van der Waals surface area contributed by atoms with Crippen molar-refractivity contribution in [1.29, 1.82) is 5.26 Å². The summed E-state index contributed by atoms with van der Waals surface area (Å²) in [6.45, 7) is 2.87. The van der Waals surface area contributed by atoms with Crippen molar-refractivity contribution in [2.75, 3.05) is 7.05 Å². The molecule has 0 saturated heterocycles. The Hall–Kier alpha value is -1.33. The highest BCUT2D eigenvalue weighted by atomic mass is 14.8. The number of hydrogen-bond donors (Lipinski definition) is 1. The summed E-state index contributed by atoms with van der Waals surface area (Å²) in [7, 11) is 1.90. The number of aryl methyl sites for hydroxylation is 1. The Bertz CT molecular complexity index is 310. The SMILES string of the molecule is CNCc1cc(C#N)ccc1C. The molecule has 1 aromatic carbocycles. The molecular formula is C10H12N2. The van der Waals surface area contributed by atoms with E-state index in [4.69, 9.17) is 5.26 Å². The van der Waals surface area contributed by atoms with E-state index in [1.807, 2.05) is 32.2 Å². The highest BCUT2D eigenvalue weighted by Crippen LogP contribution is 2.09. The number of nitriles is 1. The van der Waals surface area contributed by atoms with Crippen molar-refractivity contribution in [2.45, 2.75) is 13.5 Å². The molecule has 0 aliphatic heterocycles. The van der Waals surface area contributed by atoms with Crippen molar-refractivity contribution < 1.29 is 0 Å². The topological polar surface area (TPSA) is 35.8 Å². The van der Waals surface area contributed by atoms with Crippen LogP contribution in [-0.4, -0.2) is 7.05 Å². The summed E-state index contributed by atoms with van der Waals surface area (Å²) in [5, 5.41) is 11.7. The van der Waals surface area contributed by atoms with E-state index in [0.717, 1.165) is 12.1 Å². The van der Waals surface area contributed by atoms with Gasteiger partial charge in [-0.25, -0.2) is 0 Å². The fourth-order valence-electron chi connectivity index (χ4n) is 1.12. The van der Waals surface area contributed by atoms with Gasteiger partial charge in [-0.05, 0) is 37.2 Å². The molecule has 12 heavy (non-hydrogen) atoms. The number of benzene rings is 1. The van der Waals surface area contributed by atoms with Crippen LogP contribution < -0.4 is 5.32 Å². The molecule has 62 valence electrons. The van der Waals surface area contributed by atoms with Gasteiger partial charge in [0, 0.05) is 6.54 Å². The summed E-state index contributed by atoms with van der Waals surface area (Å²) >= 11 is 0. The molecule has 0 bridgehead atoms. The van der Waals surface area contributed by atoms with Crippen LogP contribution in [-0.2, 0) is 6.54 Å². The van der Waals surface area contributed by atoms with Crippen LogP contribution in [0.4, 0.5) is 0 Å². The molecule has 1 N–H and O–H groups in total. The Morgan fingerprint density at radius 1 is 1.50 bits per heavy atom. The number of rotatable bonds is 2. The molecule has 0 fully saturated rings. The zero-order chi connectivity index (χ0) is 8.97. The first-order valence-electron chi connectivity index (χ1n) is 3.92. The van der Waals surface area contributed by atoms with Crippen LogP contribution in [0.15, 0.2) is 18.2 Å². The normalized spacial score (nSPS) is 9.42. The molecule has 0 unspecified atom stereocenters. The van der Waals surface area contributed by atoms with E-state index in [9.17, 15) is 0 Å². The zero-order valence-electron chi connectivity index (χ0n) is 7.39. The minimum atomic E-state index is 0.728. The molecule has 0 spiro atoms. The predicted octanol–water partition coefficient (Wildman–Crippen LogP) is 1.59. The standard InChI is InChI=1S/C10H12N2/c1-8-3-4-9(6-11)5-10(8)7-12-2/h3-5,12H,7H2,1-2H3. The third-order valence-electron chi connectivity index (χ3n) is 1.85. The monoisotopic (exact) mass is 160 g/mol.